The lowest BCUT2D eigenvalue weighted by molar-refractivity contribution is -0.171. The Hall–Kier alpha value is -9.13. The van der Waals surface area contributed by atoms with Gasteiger partial charge in [0.1, 0.15) is 37.4 Å². The van der Waals surface area contributed by atoms with E-state index < -0.39 is 72.6 Å². The molecule has 408 valence electrons. The van der Waals surface area contributed by atoms with Crippen LogP contribution in [-0.2, 0) is 62.8 Å². The normalized spacial score (nSPS) is 11.9. The summed E-state index contributed by atoms with van der Waals surface area (Å²) in [7, 11) is 0. The summed E-state index contributed by atoms with van der Waals surface area (Å²) in [6.45, 7) is 5.89. The van der Waals surface area contributed by atoms with Crippen molar-refractivity contribution in [3.05, 3.63) is 178 Å². The Morgan fingerprint density at radius 3 is 1.94 bits per heavy atom. The Bertz CT molecular complexity index is 2970. The monoisotopic (exact) mass is 1070 g/mol. The molecular formula is C59H63N5O14. The fraction of sp³-hybridized carbons (Fsp3) is 0.305. The van der Waals surface area contributed by atoms with Crippen LogP contribution < -0.4 is 20.7 Å². The predicted octanol–water partition coefficient (Wildman–Crippen LogP) is 8.06. The zero-order valence-corrected chi connectivity index (χ0v) is 43.9. The van der Waals surface area contributed by atoms with Gasteiger partial charge >= 0.3 is 23.9 Å². The molecule has 0 saturated carbocycles. The second kappa shape index (κ2) is 29.8. The van der Waals surface area contributed by atoms with Crippen molar-refractivity contribution in [1.29, 1.82) is 0 Å². The van der Waals surface area contributed by atoms with E-state index >= 15 is 0 Å². The van der Waals surface area contributed by atoms with Crippen LogP contribution in [-0.4, -0.2) is 83.4 Å². The van der Waals surface area contributed by atoms with Gasteiger partial charge in [-0.15, -0.1) is 0 Å². The Morgan fingerprint density at radius 1 is 0.705 bits per heavy atom. The Kier molecular flexibility index (Phi) is 22.2. The third-order valence-corrected chi connectivity index (χ3v) is 12.4. The number of aryl methyl sites for hydroxylation is 2. The smallest absolute Gasteiger partial charge is 0.365 e. The van der Waals surface area contributed by atoms with Crippen LogP contribution in [0, 0.1) is 19.8 Å². The van der Waals surface area contributed by atoms with Gasteiger partial charge in [-0.25, -0.2) is 14.4 Å². The lowest BCUT2D eigenvalue weighted by Crippen LogP contribution is -2.49. The first-order valence-electron chi connectivity index (χ1n) is 25.5. The molecule has 2 aromatic heterocycles. The highest BCUT2D eigenvalue weighted by Crippen LogP contribution is 2.30. The molecule has 3 N–H and O–H groups in total. The Balaban J connectivity index is 1.16. The molecule has 0 aliphatic rings. The molecule has 78 heavy (non-hydrogen) atoms. The summed E-state index contributed by atoms with van der Waals surface area (Å²) < 4.78 is 28.2. The molecule has 19 heteroatoms. The summed E-state index contributed by atoms with van der Waals surface area (Å²) in [4.78, 5) is 117. The SMILES string of the molecule is CCCCC[C@@H](C(=O)NCNC(=O)c1ccc(-c2ccc(C(=O)N[C@@H](CC(=O)OCc3ccccc3)C(=O)OCc3ccccc3)c(OCC(=O)OCc3ccccc3)c2)o1)[C@@H](CC)N(C=O)OC(=O)c1c(C)ccnc1C. The second-order valence-electron chi connectivity index (χ2n) is 18.0. The maximum atomic E-state index is 14.2. The predicted molar refractivity (Wildman–Crippen MR) is 283 cm³/mol. The number of rotatable bonds is 29. The minimum Gasteiger partial charge on any atom is -0.481 e. The van der Waals surface area contributed by atoms with Gasteiger partial charge in [0.25, 0.3) is 11.8 Å². The van der Waals surface area contributed by atoms with Gasteiger partial charge < -0.3 is 44.2 Å². The standard InChI is InChI=1S/C59H63N5O14/c1-5-7-11-24-45(48(6-2)64(38-65)78-59(72)54-39(3)29-30-60-40(54)4)55(68)61-37-62-57(70)50-28-27-49(77-50)44-25-26-46(51(31-44)73-36-53(67)75-34-42-20-14-9-15-21-42)56(69)63-47(58(71)76-35-43-22-16-10-17-23-43)32-52(66)74-33-41-18-12-8-13-19-41/h8-10,12-23,25-31,38,45,47-48H,5-7,11,24,32-37H2,1-4H3,(H,61,68)(H,62,70)(H,63,69)/t45-,47+,48-/m1/s1. The molecule has 6 rings (SSSR count). The summed E-state index contributed by atoms with van der Waals surface area (Å²) in [6.07, 6.45) is 4.26. The molecule has 0 spiro atoms. The summed E-state index contributed by atoms with van der Waals surface area (Å²) in [6, 6.07) is 33.1. The van der Waals surface area contributed by atoms with Gasteiger partial charge in [-0.3, -0.25) is 29.0 Å². The van der Waals surface area contributed by atoms with Crippen molar-refractivity contribution < 1.29 is 66.6 Å². The summed E-state index contributed by atoms with van der Waals surface area (Å²) in [5.74, 6) is -6.33. The molecule has 2 heterocycles. The van der Waals surface area contributed by atoms with Gasteiger partial charge in [-0.05, 0) is 79.3 Å². The number of hydroxylamine groups is 2. The second-order valence-corrected chi connectivity index (χ2v) is 18.0. The number of hydrogen-bond donors (Lipinski definition) is 3. The summed E-state index contributed by atoms with van der Waals surface area (Å²) >= 11 is 0. The number of amides is 4. The molecule has 19 nitrogen and oxygen atoms in total. The van der Waals surface area contributed by atoms with E-state index in [0.29, 0.717) is 47.2 Å². The van der Waals surface area contributed by atoms with Gasteiger partial charge in [0.05, 0.1) is 41.9 Å². The maximum Gasteiger partial charge on any atom is 0.365 e. The molecular weight excluding hydrogens is 1000 g/mol. The van der Waals surface area contributed by atoms with E-state index in [4.69, 9.17) is 28.2 Å². The van der Waals surface area contributed by atoms with Crippen molar-refractivity contribution >= 4 is 48.0 Å². The summed E-state index contributed by atoms with van der Waals surface area (Å²) in [5.41, 5.74) is 3.48. The highest BCUT2D eigenvalue weighted by Gasteiger charge is 2.34. The number of nitrogens with one attached hydrogen (secondary N) is 3. The van der Waals surface area contributed by atoms with E-state index in [-0.39, 0.29) is 61.3 Å². The van der Waals surface area contributed by atoms with Crippen molar-refractivity contribution in [2.45, 2.75) is 98.1 Å². The van der Waals surface area contributed by atoms with Gasteiger partial charge in [0.2, 0.25) is 12.3 Å². The van der Waals surface area contributed by atoms with Gasteiger partial charge in [0.15, 0.2) is 12.4 Å². The fourth-order valence-electron chi connectivity index (χ4n) is 8.23. The highest BCUT2D eigenvalue weighted by atomic mass is 16.7. The number of esters is 3. The van der Waals surface area contributed by atoms with Gasteiger partial charge in [-0.2, -0.15) is 5.06 Å². The molecule has 3 atom stereocenters. The molecule has 6 aromatic rings. The Labute approximate surface area is 451 Å². The highest BCUT2D eigenvalue weighted by molar-refractivity contribution is 6.00. The number of benzene rings is 4. The van der Waals surface area contributed by atoms with Gasteiger partial charge in [0, 0.05) is 11.8 Å². The van der Waals surface area contributed by atoms with Crippen LogP contribution in [0.3, 0.4) is 0 Å². The molecule has 4 aromatic carbocycles. The number of furan rings is 1. The molecule has 0 saturated heterocycles. The average Bonchev–Trinajstić information content (AvgIpc) is 3.99. The minimum atomic E-state index is -1.52. The number of ether oxygens (including phenoxy) is 4. The van der Waals surface area contributed by atoms with E-state index in [0.717, 1.165) is 23.5 Å². The number of carbonyl (C=O) groups excluding carboxylic acids is 8. The van der Waals surface area contributed by atoms with E-state index in [1.165, 1.54) is 30.3 Å². The number of hydrogen-bond acceptors (Lipinski definition) is 15. The van der Waals surface area contributed by atoms with E-state index in [1.54, 1.807) is 112 Å². The van der Waals surface area contributed by atoms with E-state index in [9.17, 15) is 38.4 Å². The van der Waals surface area contributed by atoms with Crippen molar-refractivity contribution in [3.8, 4) is 17.1 Å². The summed E-state index contributed by atoms with van der Waals surface area (Å²) in [5, 5.41) is 8.77. The first kappa shape index (κ1) is 58.1. The van der Waals surface area contributed by atoms with Crippen molar-refractivity contribution in [1.82, 2.24) is 26.0 Å². The van der Waals surface area contributed by atoms with Crippen LogP contribution in [0.2, 0.25) is 0 Å². The number of unbranched alkanes of at least 4 members (excludes halogenated alkanes) is 2. The molecule has 0 radical (unpaired) electrons. The van der Waals surface area contributed by atoms with E-state index in [2.05, 4.69) is 20.9 Å². The molecule has 0 aliphatic heterocycles. The molecule has 4 amide bonds. The zero-order chi connectivity index (χ0) is 55.8. The van der Waals surface area contributed by atoms with E-state index in [1.807, 2.05) is 19.1 Å². The zero-order valence-electron chi connectivity index (χ0n) is 43.9. The first-order valence-corrected chi connectivity index (χ1v) is 25.5. The van der Waals surface area contributed by atoms with Crippen LogP contribution in [0.25, 0.3) is 11.3 Å². The third-order valence-electron chi connectivity index (χ3n) is 12.4. The van der Waals surface area contributed by atoms with Gasteiger partial charge in [-0.1, -0.05) is 130 Å². The first-order chi connectivity index (χ1) is 37.8. The van der Waals surface area contributed by atoms with Crippen molar-refractivity contribution in [2.24, 2.45) is 5.92 Å². The molecule has 0 fully saturated rings. The lowest BCUT2D eigenvalue weighted by Gasteiger charge is -2.32. The topological polar surface area (TPSA) is 248 Å². The van der Waals surface area contributed by atoms with Crippen LogP contribution >= 0.6 is 0 Å². The van der Waals surface area contributed by atoms with Crippen LogP contribution in [0.15, 0.2) is 138 Å². The van der Waals surface area contributed by atoms with Crippen molar-refractivity contribution in [2.75, 3.05) is 13.3 Å². The molecule has 0 aliphatic carbocycles. The number of nitrogens with zero attached hydrogens (tertiary/aromatic N) is 2. The quantitative estimate of drug-likeness (QED) is 0.0100. The van der Waals surface area contributed by atoms with Crippen LogP contribution in [0.5, 0.6) is 5.75 Å². The van der Waals surface area contributed by atoms with Crippen LogP contribution in [0.4, 0.5) is 0 Å². The Morgan fingerprint density at radius 2 is 1.33 bits per heavy atom. The fourth-order valence-corrected chi connectivity index (χ4v) is 8.23. The third kappa shape index (κ3) is 17.2. The van der Waals surface area contributed by atoms with Crippen LogP contribution in [0.1, 0.15) is 112 Å². The number of carbonyl (C=O) groups is 8. The molecule has 0 bridgehead atoms. The molecule has 0 unspecified atom stereocenters. The van der Waals surface area contributed by atoms with Crippen molar-refractivity contribution in [3.63, 3.8) is 0 Å². The maximum absolute atomic E-state index is 14.2. The number of pyridine rings is 1. The lowest BCUT2D eigenvalue weighted by atomic mass is 9.90. The average molecular weight is 1070 g/mol. The minimum absolute atomic E-state index is 0.0495. The number of aromatic nitrogens is 1. The largest absolute Gasteiger partial charge is 0.481 e.